The molecule has 0 unspecified atom stereocenters. The lowest BCUT2D eigenvalue weighted by atomic mass is 10.1. The van der Waals surface area contributed by atoms with Gasteiger partial charge >= 0.3 is 0 Å². The van der Waals surface area contributed by atoms with Crippen molar-refractivity contribution in [2.45, 2.75) is 73.1 Å². The molecule has 0 aliphatic carbocycles. The Labute approximate surface area is 119 Å². The number of carbonyl (C=O) groups excluding carboxylic acids is 2. The molecule has 3 heteroatoms. The van der Waals surface area contributed by atoms with Crippen molar-refractivity contribution in [2.75, 3.05) is 13.6 Å². The molecule has 0 radical (unpaired) electrons. The molecular formula is C16H33NO2. The molecule has 0 saturated heterocycles. The van der Waals surface area contributed by atoms with Crippen LogP contribution >= 0.6 is 0 Å². The van der Waals surface area contributed by atoms with E-state index in [1.54, 1.807) is 4.90 Å². The lowest BCUT2D eigenvalue weighted by Gasteiger charge is -2.17. The van der Waals surface area contributed by atoms with Crippen LogP contribution in [-0.4, -0.2) is 30.2 Å². The molecule has 1 amide bonds. The fourth-order valence-corrected chi connectivity index (χ4v) is 1.67. The van der Waals surface area contributed by atoms with Gasteiger partial charge in [0.1, 0.15) is 5.78 Å². The molecule has 0 atom stereocenters. The van der Waals surface area contributed by atoms with Gasteiger partial charge in [0.05, 0.1) is 0 Å². The molecule has 0 aromatic rings. The maximum atomic E-state index is 11.7. The number of hydrogen-bond acceptors (Lipinski definition) is 2. The molecule has 0 saturated carbocycles. The Bertz CT molecular complexity index is 237. The van der Waals surface area contributed by atoms with Gasteiger partial charge in [0.25, 0.3) is 0 Å². The molecule has 0 rings (SSSR count). The van der Waals surface area contributed by atoms with Crippen molar-refractivity contribution in [1.82, 2.24) is 4.90 Å². The molecule has 0 fully saturated rings. The lowest BCUT2D eigenvalue weighted by molar-refractivity contribution is -0.130. The number of rotatable bonds is 9. The maximum Gasteiger partial charge on any atom is 0.222 e. The molecule has 0 aromatic carbocycles. The zero-order chi connectivity index (χ0) is 15.3. The topological polar surface area (TPSA) is 37.4 Å². The molecule has 0 aliphatic rings. The van der Waals surface area contributed by atoms with Crippen LogP contribution < -0.4 is 0 Å². The van der Waals surface area contributed by atoms with Crippen LogP contribution in [-0.2, 0) is 9.59 Å². The fraction of sp³-hybridized carbons (Fsp3) is 0.875. The number of carbonyl (C=O) groups is 2. The molecule has 0 N–H and O–H groups in total. The van der Waals surface area contributed by atoms with Gasteiger partial charge in [-0.05, 0) is 25.2 Å². The van der Waals surface area contributed by atoms with Crippen LogP contribution in [0.15, 0.2) is 0 Å². The second-order valence-corrected chi connectivity index (χ2v) is 5.10. The SMILES string of the molecule is CC.CCC(=O)CCCC(=O)N(C)CCCC(C)C. The summed E-state index contributed by atoms with van der Waals surface area (Å²) in [7, 11) is 1.85. The van der Waals surface area contributed by atoms with Crippen molar-refractivity contribution in [3.8, 4) is 0 Å². The van der Waals surface area contributed by atoms with E-state index in [1.807, 2.05) is 27.8 Å². The van der Waals surface area contributed by atoms with Gasteiger partial charge in [-0.25, -0.2) is 0 Å². The minimum atomic E-state index is 0.164. The van der Waals surface area contributed by atoms with Crippen molar-refractivity contribution < 1.29 is 9.59 Å². The highest BCUT2D eigenvalue weighted by molar-refractivity contribution is 5.79. The number of ketones is 1. The van der Waals surface area contributed by atoms with E-state index in [2.05, 4.69) is 13.8 Å². The first-order chi connectivity index (χ1) is 8.97. The van der Waals surface area contributed by atoms with Crippen LogP contribution in [0.1, 0.15) is 73.1 Å². The van der Waals surface area contributed by atoms with Crippen LogP contribution in [0.4, 0.5) is 0 Å². The standard InChI is InChI=1S/C14H27NO2.C2H6/c1-5-13(16)9-6-10-14(17)15(4)11-7-8-12(2)3;1-2/h12H,5-11H2,1-4H3;1-2H3. The molecular weight excluding hydrogens is 238 g/mol. The van der Waals surface area contributed by atoms with Crippen molar-refractivity contribution in [1.29, 1.82) is 0 Å². The quantitative estimate of drug-likeness (QED) is 0.634. The third kappa shape index (κ3) is 13.4. The first-order valence-corrected chi connectivity index (χ1v) is 7.73. The Kier molecular flexibility index (Phi) is 14.6. The first kappa shape index (κ1) is 20.5. The molecule has 0 aliphatic heterocycles. The van der Waals surface area contributed by atoms with Crippen molar-refractivity contribution in [3.05, 3.63) is 0 Å². The summed E-state index contributed by atoms with van der Waals surface area (Å²) in [6.45, 7) is 11.1. The maximum absolute atomic E-state index is 11.7. The molecule has 3 nitrogen and oxygen atoms in total. The highest BCUT2D eigenvalue weighted by atomic mass is 16.2. The van der Waals surface area contributed by atoms with E-state index < -0.39 is 0 Å². The Morgan fingerprint density at radius 3 is 2.11 bits per heavy atom. The summed E-state index contributed by atoms with van der Waals surface area (Å²) in [4.78, 5) is 24.6. The monoisotopic (exact) mass is 271 g/mol. The predicted molar refractivity (Wildman–Crippen MR) is 82.2 cm³/mol. The van der Waals surface area contributed by atoms with E-state index in [1.165, 1.54) is 0 Å². The third-order valence-corrected chi connectivity index (χ3v) is 2.94. The van der Waals surface area contributed by atoms with Crippen LogP contribution in [0, 0.1) is 5.92 Å². The number of amides is 1. The average molecular weight is 271 g/mol. The van der Waals surface area contributed by atoms with Gasteiger partial charge in [0.15, 0.2) is 0 Å². The Morgan fingerprint density at radius 1 is 1.05 bits per heavy atom. The summed E-state index contributed by atoms with van der Waals surface area (Å²) >= 11 is 0. The van der Waals surface area contributed by atoms with Crippen LogP contribution in [0.3, 0.4) is 0 Å². The summed E-state index contributed by atoms with van der Waals surface area (Å²) in [6, 6.07) is 0. The molecule has 0 heterocycles. The molecule has 0 bridgehead atoms. The predicted octanol–water partition coefficient (Wildman–Crippen LogP) is 4.06. The van der Waals surface area contributed by atoms with Gasteiger partial charge in [-0.3, -0.25) is 9.59 Å². The highest BCUT2D eigenvalue weighted by Gasteiger charge is 2.09. The Balaban J connectivity index is 0. The first-order valence-electron chi connectivity index (χ1n) is 7.73. The summed E-state index contributed by atoms with van der Waals surface area (Å²) in [5, 5.41) is 0. The number of Topliss-reactive ketones (excluding diaryl/α,β-unsaturated/α-hetero) is 1. The summed E-state index contributed by atoms with van der Waals surface area (Å²) in [5.41, 5.74) is 0. The van der Waals surface area contributed by atoms with E-state index in [-0.39, 0.29) is 11.7 Å². The van der Waals surface area contributed by atoms with E-state index >= 15 is 0 Å². The van der Waals surface area contributed by atoms with Crippen molar-refractivity contribution in [3.63, 3.8) is 0 Å². The lowest BCUT2D eigenvalue weighted by Crippen LogP contribution is -2.27. The minimum Gasteiger partial charge on any atom is -0.346 e. The van der Waals surface area contributed by atoms with Gasteiger partial charge in [0, 0.05) is 32.9 Å². The second kappa shape index (κ2) is 13.6. The Hall–Kier alpha value is -0.860. The zero-order valence-electron chi connectivity index (χ0n) is 13.8. The van der Waals surface area contributed by atoms with Gasteiger partial charge in [-0.1, -0.05) is 34.6 Å². The van der Waals surface area contributed by atoms with Crippen LogP contribution in [0.2, 0.25) is 0 Å². The van der Waals surface area contributed by atoms with Crippen molar-refractivity contribution in [2.24, 2.45) is 5.92 Å². The normalized spacial score (nSPS) is 9.84. The molecule has 114 valence electrons. The second-order valence-electron chi connectivity index (χ2n) is 5.10. The third-order valence-electron chi connectivity index (χ3n) is 2.94. The minimum absolute atomic E-state index is 0.164. The Morgan fingerprint density at radius 2 is 1.63 bits per heavy atom. The smallest absolute Gasteiger partial charge is 0.222 e. The van der Waals surface area contributed by atoms with E-state index in [9.17, 15) is 9.59 Å². The highest BCUT2D eigenvalue weighted by Crippen LogP contribution is 2.06. The average Bonchev–Trinajstić information content (AvgIpc) is 2.40. The van der Waals surface area contributed by atoms with E-state index in [4.69, 9.17) is 0 Å². The number of nitrogens with zero attached hydrogens (tertiary/aromatic N) is 1. The summed E-state index contributed by atoms with van der Waals surface area (Å²) in [6.07, 6.45) is 4.55. The van der Waals surface area contributed by atoms with Gasteiger partial charge in [-0.15, -0.1) is 0 Å². The molecule has 19 heavy (non-hydrogen) atoms. The zero-order valence-corrected chi connectivity index (χ0v) is 13.8. The largest absolute Gasteiger partial charge is 0.346 e. The van der Waals surface area contributed by atoms with E-state index in [0.29, 0.717) is 31.6 Å². The van der Waals surface area contributed by atoms with Crippen LogP contribution in [0.5, 0.6) is 0 Å². The fourth-order valence-electron chi connectivity index (χ4n) is 1.67. The van der Waals surface area contributed by atoms with Crippen molar-refractivity contribution >= 4 is 11.7 Å². The summed E-state index contributed by atoms with van der Waals surface area (Å²) in [5.74, 6) is 1.11. The number of hydrogen-bond donors (Lipinski definition) is 0. The van der Waals surface area contributed by atoms with Gasteiger partial charge in [0.2, 0.25) is 5.91 Å². The molecule has 0 spiro atoms. The summed E-state index contributed by atoms with van der Waals surface area (Å²) < 4.78 is 0. The van der Waals surface area contributed by atoms with E-state index in [0.717, 1.165) is 19.4 Å². The van der Waals surface area contributed by atoms with Crippen LogP contribution in [0.25, 0.3) is 0 Å². The molecule has 0 aromatic heterocycles. The van der Waals surface area contributed by atoms with Gasteiger partial charge < -0.3 is 4.90 Å². The van der Waals surface area contributed by atoms with Gasteiger partial charge in [-0.2, -0.15) is 0 Å².